The highest BCUT2D eigenvalue weighted by molar-refractivity contribution is 5.96. The van der Waals surface area contributed by atoms with E-state index in [9.17, 15) is 10.1 Å². The van der Waals surface area contributed by atoms with Crippen molar-refractivity contribution in [2.45, 2.75) is 25.7 Å². The highest BCUT2D eigenvalue weighted by Gasteiger charge is 2.41. The summed E-state index contributed by atoms with van der Waals surface area (Å²) in [5.41, 5.74) is -0.865. The van der Waals surface area contributed by atoms with Crippen LogP contribution in [0.3, 0.4) is 0 Å². The van der Waals surface area contributed by atoms with E-state index in [2.05, 4.69) is 16.4 Å². The minimum Gasteiger partial charge on any atom is -0.363 e. The van der Waals surface area contributed by atoms with Crippen LogP contribution in [0, 0.1) is 16.7 Å². The Morgan fingerprint density at radius 1 is 1.42 bits per heavy atom. The summed E-state index contributed by atoms with van der Waals surface area (Å²) in [4.78, 5) is 18.5. The molecule has 1 N–H and O–H groups in total. The van der Waals surface area contributed by atoms with Crippen molar-refractivity contribution in [2.75, 3.05) is 24.3 Å². The summed E-state index contributed by atoms with van der Waals surface area (Å²) in [6.07, 6.45) is 3.16. The predicted octanol–water partition coefficient (Wildman–Crippen LogP) is 2.17. The van der Waals surface area contributed by atoms with Crippen LogP contribution < -0.4 is 10.2 Å². The van der Waals surface area contributed by atoms with Crippen molar-refractivity contribution in [2.24, 2.45) is 5.41 Å². The first kappa shape index (κ1) is 13.3. The number of hydrogen-bond donors (Lipinski definition) is 1. The molecule has 1 fully saturated rings. The topological polar surface area (TPSA) is 69.0 Å². The van der Waals surface area contributed by atoms with Crippen LogP contribution in [0.4, 0.5) is 11.6 Å². The second kappa shape index (κ2) is 5.27. The Morgan fingerprint density at radius 3 is 2.68 bits per heavy atom. The molecule has 5 nitrogen and oxygen atoms in total. The zero-order valence-electron chi connectivity index (χ0n) is 11.3. The summed E-state index contributed by atoms with van der Waals surface area (Å²) in [5.74, 6) is 1.05. The van der Waals surface area contributed by atoms with Gasteiger partial charge in [0.1, 0.15) is 17.1 Å². The largest absolute Gasteiger partial charge is 0.363 e. The van der Waals surface area contributed by atoms with Crippen LogP contribution in [-0.2, 0) is 4.79 Å². The van der Waals surface area contributed by atoms with Crippen molar-refractivity contribution in [3.05, 3.63) is 18.2 Å². The van der Waals surface area contributed by atoms with Gasteiger partial charge >= 0.3 is 0 Å². The lowest BCUT2D eigenvalue weighted by Crippen LogP contribution is -2.32. The number of nitrogens with zero attached hydrogens (tertiary/aromatic N) is 3. The van der Waals surface area contributed by atoms with Gasteiger partial charge in [0.15, 0.2) is 0 Å². The van der Waals surface area contributed by atoms with Crippen LogP contribution in [-0.4, -0.2) is 25.0 Å². The number of pyridine rings is 1. The SMILES string of the molecule is CN(C)c1cccc(NC(=O)C2(C#N)CCCC2)n1. The minimum absolute atomic E-state index is 0.226. The molecule has 1 heterocycles. The predicted molar refractivity (Wildman–Crippen MR) is 73.7 cm³/mol. The number of carbonyl (C=O) groups excluding carboxylic acids is 1. The molecule has 0 saturated heterocycles. The molecule has 1 amide bonds. The van der Waals surface area contributed by atoms with Crippen LogP contribution >= 0.6 is 0 Å². The Balaban J connectivity index is 2.15. The molecular formula is C14H18N4O. The van der Waals surface area contributed by atoms with E-state index in [1.807, 2.05) is 31.1 Å². The quantitative estimate of drug-likeness (QED) is 0.902. The fourth-order valence-corrected chi connectivity index (χ4v) is 2.35. The van der Waals surface area contributed by atoms with Gasteiger partial charge < -0.3 is 10.2 Å². The van der Waals surface area contributed by atoms with Crippen molar-refractivity contribution in [1.29, 1.82) is 5.26 Å². The smallest absolute Gasteiger partial charge is 0.246 e. The van der Waals surface area contributed by atoms with Crippen molar-refractivity contribution < 1.29 is 4.79 Å². The first-order chi connectivity index (χ1) is 9.07. The molecule has 5 heteroatoms. The summed E-state index contributed by atoms with van der Waals surface area (Å²) < 4.78 is 0. The van der Waals surface area contributed by atoms with Gasteiger partial charge in [-0.2, -0.15) is 5.26 Å². The average molecular weight is 258 g/mol. The molecule has 0 aromatic carbocycles. The Labute approximate surface area is 113 Å². The third-order valence-electron chi connectivity index (χ3n) is 3.54. The Kier molecular flexibility index (Phi) is 3.70. The van der Waals surface area contributed by atoms with Crippen LogP contribution in [0.1, 0.15) is 25.7 Å². The first-order valence-corrected chi connectivity index (χ1v) is 6.44. The van der Waals surface area contributed by atoms with Gasteiger partial charge in [0.05, 0.1) is 6.07 Å². The second-order valence-electron chi connectivity index (χ2n) is 5.13. The first-order valence-electron chi connectivity index (χ1n) is 6.44. The molecule has 0 aliphatic heterocycles. The number of aromatic nitrogens is 1. The standard InChI is InChI=1S/C14H18N4O/c1-18(2)12-7-5-6-11(16-12)17-13(19)14(10-15)8-3-4-9-14/h5-7H,3-4,8-9H2,1-2H3,(H,16,17,19). The molecule has 0 atom stereocenters. The van der Waals surface area contributed by atoms with Crippen molar-refractivity contribution in [1.82, 2.24) is 4.98 Å². The number of anilines is 2. The third kappa shape index (κ3) is 2.68. The fourth-order valence-electron chi connectivity index (χ4n) is 2.35. The Morgan fingerprint density at radius 2 is 2.11 bits per heavy atom. The fraction of sp³-hybridized carbons (Fsp3) is 0.500. The summed E-state index contributed by atoms with van der Waals surface area (Å²) >= 11 is 0. The lowest BCUT2D eigenvalue weighted by Gasteiger charge is -2.19. The van der Waals surface area contributed by atoms with Crippen molar-refractivity contribution in [3.63, 3.8) is 0 Å². The molecule has 1 saturated carbocycles. The maximum Gasteiger partial charge on any atom is 0.246 e. The molecule has 0 radical (unpaired) electrons. The lowest BCUT2D eigenvalue weighted by molar-refractivity contribution is -0.122. The van der Waals surface area contributed by atoms with E-state index in [0.717, 1.165) is 18.7 Å². The molecular weight excluding hydrogens is 240 g/mol. The molecule has 1 aromatic heterocycles. The highest BCUT2D eigenvalue weighted by atomic mass is 16.2. The molecule has 100 valence electrons. The maximum atomic E-state index is 12.3. The van der Waals surface area contributed by atoms with Gasteiger partial charge in [-0.25, -0.2) is 4.98 Å². The number of nitriles is 1. The van der Waals surface area contributed by atoms with Crippen LogP contribution in [0.2, 0.25) is 0 Å². The molecule has 0 spiro atoms. The number of hydrogen-bond acceptors (Lipinski definition) is 4. The lowest BCUT2D eigenvalue weighted by atomic mass is 9.87. The molecule has 2 rings (SSSR count). The van der Waals surface area contributed by atoms with Gasteiger partial charge in [-0.3, -0.25) is 4.79 Å². The van der Waals surface area contributed by atoms with E-state index in [0.29, 0.717) is 18.7 Å². The molecule has 1 aromatic rings. The van der Waals surface area contributed by atoms with Crippen LogP contribution in [0.5, 0.6) is 0 Å². The monoisotopic (exact) mass is 258 g/mol. The molecule has 0 unspecified atom stereocenters. The van der Waals surface area contributed by atoms with Gasteiger partial charge in [-0.1, -0.05) is 18.9 Å². The van der Waals surface area contributed by atoms with Crippen LogP contribution in [0.25, 0.3) is 0 Å². The average Bonchev–Trinajstić information content (AvgIpc) is 2.89. The third-order valence-corrected chi connectivity index (χ3v) is 3.54. The second-order valence-corrected chi connectivity index (χ2v) is 5.13. The van der Waals surface area contributed by atoms with E-state index >= 15 is 0 Å². The summed E-state index contributed by atoms with van der Waals surface area (Å²) in [7, 11) is 3.78. The minimum atomic E-state index is -0.865. The van der Waals surface area contributed by atoms with E-state index in [4.69, 9.17) is 0 Å². The Hall–Kier alpha value is -2.09. The summed E-state index contributed by atoms with van der Waals surface area (Å²) in [6.45, 7) is 0. The number of rotatable bonds is 3. The molecule has 19 heavy (non-hydrogen) atoms. The zero-order valence-corrected chi connectivity index (χ0v) is 11.3. The van der Waals surface area contributed by atoms with Gasteiger partial charge in [0.2, 0.25) is 5.91 Å². The number of nitrogens with one attached hydrogen (secondary N) is 1. The van der Waals surface area contributed by atoms with Gasteiger partial charge in [-0.15, -0.1) is 0 Å². The van der Waals surface area contributed by atoms with Crippen molar-refractivity contribution >= 4 is 17.5 Å². The van der Waals surface area contributed by atoms with E-state index in [-0.39, 0.29) is 5.91 Å². The molecule has 0 bridgehead atoms. The summed E-state index contributed by atoms with van der Waals surface area (Å²) in [6, 6.07) is 7.63. The van der Waals surface area contributed by atoms with E-state index in [1.165, 1.54) is 0 Å². The van der Waals surface area contributed by atoms with Crippen molar-refractivity contribution in [3.8, 4) is 6.07 Å². The molecule has 1 aliphatic carbocycles. The van der Waals surface area contributed by atoms with E-state index < -0.39 is 5.41 Å². The van der Waals surface area contributed by atoms with Gasteiger partial charge in [0.25, 0.3) is 0 Å². The summed E-state index contributed by atoms with van der Waals surface area (Å²) in [5, 5.41) is 12.0. The zero-order chi connectivity index (χ0) is 13.9. The van der Waals surface area contributed by atoms with Gasteiger partial charge in [0, 0.05) is 14.1 Å². The molecule has 1 aliphatic rings. The maximum absolute atomic E-state index is 12.3. The normalized spacial score (nSPS) is 16.7. The number of amides is 1. The van der Waals surface area contributed by atoms with Gasteiger partial charge in [-0.05, 0) is 25.0 Å². The van der Waals surface area contributed by atoms with E-state index in [1.54, 1.807) is 6.07 Å². The van der Waals surface area contributed by atoms with Crippen LogP contribution in [0.15, 0.2) is 18.2 Å². The highest BCUT2D eigenvalue weighted by Crippen LogP contribution is 2.38. The number of carbonyl (C=O) groups is 1. The Bertz CT molecular complexity index is 512.